The van der Waals surface area contributed by atoms with Crippen molar-refractivity contribution in [2.45, 2.75) is 25.7 Å². The van der Waals surface area contributed by atoms with E-state index in [-0.39, 0.29) is 0 Å². The Hall–Kier alpha value is -0.490. The van der Waals surface area contributed by atoms with Crippen molar-refractivity contribution in [3.63, 3.8) is 0 Å². The van der Waals surface area contributed by atoms with E-state index >= 15 is 0 Å². The predicted molar refractivity (Wildman–Crippen MR) is 30.8 cm³/mol. The van der Waals surface area contributed by atoms with Crippen molar-refractivity contribution < 1.29 is 30.7 Å². The van der Waals surface area contributed by atoms with Crippen LogP contribution in [0, 0.1) is 5.41 Å². The second-order valence-electron chi connectivity index (χ2n) is 2.56. The van der Waals surface area contributed by atoms with Crippen LogP contribution in [0.5, 0.6) is 0 Å². The number of hydrogen-bond acceptors (Lipinski definition) is 0. The van der Waals surface area contributed by atoms with Crippen molar-refractivity contribution in [2.24, 2.45) is 5.41 Å². The monoisotopic (exact) mass is 212 g/mol. The lowest BCUT2D eigenvalue weighted by Crippen LogP contribution is -2.51. The third-order valence-corrected chi connectivity index (χ3v) is 1.92. The standard InChI is InChI=1S/C6H7F7/c1-2-4(3-7,5(8,9)10)6(11,12)13/h2-3H2,1H3. The van der Waals surface area contributed by atoms with Crippen molar-refractivity contribution in [1.82, 2.24) is 0 Å². The van der Waals surface area contributed by atoms with Crippen LogP contribution in [-0.4, -0.2) is 19.0 Å². The van der Waals surface area contributed by atoms with Gasteiger partial charge in [0.05, 0.1) is 0 Å². The minimum Gasteiger partial charge on any atom is -0.250 e. The first-order valence-electron chi connectivity index (χ1n) is 3.32. The van der Waals surface area contributed by atoms with E-state index in [1.807, 2.05) is 0 Å². The fourth-order valence-electron chi connectivity index (χ4n) is 0.808. The highest BCUT2D eigenvalue weighted by Gasteiger charge is 2.69. The van der Waals surface area contributed by atoms with Crippen LogP contribution in [0.2, 0.25) is 0 Å². The quantitative estimate of drug-likeness (QED) is 0.614. The van der Waals surface area contributed by atoms with E-state index < -0.39 is 30.9 Å². The molecule has 0 saturated heterocycles. The fourth-order valence-corrected chi connectivity index (χ4v) is 0.808. The molecule has 0 aliphatic rings. The molecule has 80 valence electrons. The number of alkyl halides is 7. The molecule has 0 N–H and O–H groups in total. The molecular weight excluding hydrogens is 205 g/mol. The Kier molecular flexibility index (Phi) is 3.21. The van der Waals surface area contributed by atoms with E-state index in [2.05, 4.69) is 0 Å². The van der Waals surface area contributed by atoms with Crippen molar-refractivity contribution in [3.05, 3.63) is 0 Å². The van der Waals surface area contributed by atoms with Crippen LogP contribution in [-0.2, 0) is 0 Å². The van der Waals surface area contributed by atoms with E-state index in [0.29, 0.717) is 6.92 Å². The van der Waals surface area contributed by atoms with Crippen LogP contribution in [0.15, 0.2) is 0 Å². The largest absolute Gasteiger partial charge is 0.405 e. The molecule has 0 spiro atoms. The molecule has 0 aliphatic carbocycles. The molecule has 13 heavy (non-hydrogen) atoms. The van der Waals surface area contributed by atoms with Crippen molar-refractivity contribution >= 4 is 0 Å². The van der Waals surface area contributed by atoms with Gasteiger partial charge in [-0.2, -0.15) is 26.3 Å². The summed E-state index contributed by atoms with van der Waals surface area (Å²) in [5, 5.41) is 0. The Morgan fingerprint density at radius 3 is 1.15 bits per heavy atom. The molecule has 0 aromatic carbocycles. The summed E-state index contributed by atoms with van der Waals surface area (Å²) in [5.41, 5.74) is -4.21. The molecule has 0 fully saturated rings. The maximum atomic E-state index is 11.9. The summed E-state index contributed by atoms with van der Waals surface area (Å²) in [6, 6.07) is 0. The van der Waals surface area contributed by atoms with Gasteiger partial charge < -0.3 is 0 Å². The maximum absolute atomic E-state index is 11.9. The van der Waals surface area contributed by atoms with Gasteiger partial charge in [0.1, 0.15) is 6.67 Å². The van der Waals surface area contributed by atoms with Gasteiger partial charge in [-0.1, -0.05) is 6.92 Å². The molecule has 0 unspecified atom stereocenters. The molecule has 7 heteroatoms. The van der Waals surface area contributed by atoms with E-state index in [0.717, 1.165) is 0 Å². The molecule has 0 aliphatic heterocycles. The zero-order valence-electron chi connectivity index (χ0n) is 6.56. The SMILES string of the molecule is CCC(CF)(C(F)(F)F)C(F)(F)F. The zero-order valence-corrected chi connectivity index (χ0v) is 6.56. The van der Waals surface area contributed by atoms with Gasteiger partial charge in [0, 0.05) is 0 Å². The Morgan fingerprint density at radius 2 is 1.15 bits per heavy atom. The van der Waals surface area contributed by atoms with Crippen molar-refractivity contribution in [3.8, 4) is 0 Å². The first kappa shape index (κ1) is 12.5. The third kappa shape index (κ3) is 1.88. The van der Waals surface area contributed by atoms with Gasteiger partial charge in [-0.15, -0.1) is 0 Å². The predicted octanol–water partition coefficient (Wildman–Crippen LogP) is 3.48. The summed E-state index contributed by atoms with van der Waals surface area (Å²) in [5.74, 6) is 0. The lowest BCUT2D eigenvalue weighted by atomic mass is 9.85. The minimum absolute atomic E-state index is 0.653. The average Bonchev–Trinajstić information content (AvgIpc) is 1.84. The minimum atomic E-state index is -5.60. The molecule has 0 rings (SSSR count). The molecule has 0 saturated carbocycles. The van der Waals surface area contributed by atoms with Crippen molar-refractivity contribution in [2.75, 3.05) is 6.67 Å². The van der Waals surface area contributed by atoms with E-state index in [1.54, 1.807) is 0 Å². The van der Waals surface area contributed by atoms with Gasteiger partial charge >= 0.3 is 12.4 Å². The summed E-state index contributed by atoms with van der Waals surface area (Å²) in [7, 11) is 0. The Bertz CT molecular complexity index is 145. The van der Waals surface area contributed by atoms with Crippen molar-refractivity contribution in [1.29, 1.82) is 0 Å². The topological polar surface area (TPSA) is 0 Å². The second-order valence-corrected chi connectivity index (χ2v) is 2.56. The highest BCUT2D eigenvalue weighted by Crippen LogP contribution is 2.52. The fraction of sp³-hybridized carbons (Fsp3) is 1.00. The number of halogens is 7. The summed E-state index contributed by atoms with van der Waals surface area (Å²) < 4.78 is 83.3. The highest BCUT2D eigenvalue weighted by atomic mass is 19.4. The first-order chi connectivity index (χ1) is 5.62. The van der Waals surface area contributed by atoms with Gasteiger partial charge in [-0.3, -0.25) is 0 Å². The molecule has 0 bridgehead atoms. The highest BCUT2D eigenvalue weighted by molar-refractivity contribution is 4.91. The number of hydrogen-bond donors (Lipinski definition) is 0. The maximum Gasteiger partial charge on any atom is 0.405 e. The molecule has 0 atom stereocenters. The van der Waals surface area contributed by atoms with Crippen LogP contribution in [0.3, 0.4) is 0 Å². The molecular formula is C6H7F7. The Morgan fingerprint density at radius 1 is 0.846 bits per heavy atom. The summed E-state index contributed by atoms with van der Waals surface area (Å²) in [6.07, 6.45) is -12.6. The average molecular weight is 212 g/mol. The van der Waals surface area contributed by atoms with Crippen LogP contribution in [0.25, 0.3) is 0 Å². The molecule has 0 radical (unpaired) electrons. The lowest BCUT2D eigenvalue weighted by molar-refractivity contribution is -0.345. The van der Waals surface area contributed by atoms with Gasteiger partial charge in [0.25, 0.3) is 0 Å². The second kappa shape index (κ2) is 3.34. The smallest absolute Gasteiger partial charge is 0.250 e. The lowest BCUT2D eigenvalue weighted by Gasteiger charge is -2.33. The van der Waals surface area contributed by atoms with Crippen LogP contribution in [0.4, 0.5) is 30.7 Å². The van der Waals surface area contributed by atoms with Crippen LogP contribution >= 0.6 is 0 Å². The first-order valence-corrected chi connectivity index (χ1v) is 3.32. The Balaban J connectivity index is 5.17. The Labute approximate surface area is 69.7 Å². The zero-order chi connectivity index (χ0) is 10.9. The normalized spacial score (nSPS) is 14.8. The summed E-state index contributed by atoms with van der Waals surface area (Å²) in [4.78, 5) is 0. The summed E-state index contributed by atoms with van der Waals surface area (Å²) >= 11 is 0. The number of rotatable bonds is 2. The molecule has 0 aromatic rings. The van der Waals surface area contributed by atoms with Gasteiger partial charge in [-0.25, -0.2) is 4.39 Å². The molecule has 0 amide bonds. The van der Waals surface area contributed by atoms with E-state index in [1.165, 1.54) is 0 Å². The van der Waals surface area contributed by atoms with Gasteiger partial charge in [0.15, 0.2) is 5.41 Å². The van der Waals surface area contributed by atoms with E-state index in [9.17, 15) is 30.7 Å². The van der Waals surface area contributed by atoms with Gasteiger partial charge in [-0.05, 0) is 6.42 Å². The van der Waals surface area contributed by atoms with Gasteiger partial charge in [0.2, 0.25) is 0 Å². The van der Waals surface area contributed by atoms with E-state index in [4.69, 9.17) is 0 Å². The van der Waals surface area contributed by atoms with Crippen LogP contribution < -0.4 is 0 Å². The molecule has 0 nitrogen and oxygen atoms in total. The molecule has 0 aromatic heterocycles. The molecule has 0 heterocycles. The van der Waals surface area contributed by atoms with Crippen LogP contribution in [0.1, 0.15) is 13.3 Å². The summed E-state index contributed by atoms with van der Waals surface area (Å²) in [6.45, 7) is -1.82. The third-order valence-electron chi connectivity index (χ3n) is 1.92.